The van der Waals surface area contributed by atoms with E-state index in [1.54, 1.807) is 19.4 Å². The molecule has 102 valence electrons. The third-order valence-corrected chi connectivity index (χ3v) is 3.41. The highest BCUT2D eigenvalue weighted by Crippen LogP contribution is 2.28. The van der Waals surface area contributed by atoms with E-state index in [1.165, 1.54) is 5.56 Å². The number of methoxy groups -OCH3 is 1. The molecule has 0 bridgehead atoms. The smallest absolute Gasteiger partial charge is 0.154 e. The Hall–Kier alpha value is -2.34. The number of aryl methyl sites for hydroxylation is 1. The van der Waals surface area contributed by atoms with Gasteiger partial charge < -0.3 is 4.74 Å². The Bertz CT molecular complexity index is 669. The molecule has 0 amide bonds. The number of aromatic nitrogens is 1. The molecule has 0 aliphatic rings. The van der Waals surface area contributed by atoms with Gasteiger partial charge in [0.1, 0.15) is 6.07 Å². The molecule has 0 radical (unpaired) electrons. The SMILES string of the molecule is COc1cnc(-c2cc(C(C)C)ccc2C)cc1C#N. The monoisotopic (exact) mass is 266 g/mol. The van der Waals surface area contributed by atoms with E-state index in [-0.39, 0.29) is 0 Å². The maximum atomic E-state index is 9.18. The van der Waals surface area contributed by atoms with Gasteiger partial charge in [-0.1, -0.05) is 26.0 Å². The first-order chi connectivity index (χ1) is 9.56. The Labute approximate surface area is 119 Å². The molecule has 0 aliphatic heterocycles. The van der Waals surface area contributed by atoms with Crippen LogP contribution in [0.2, 0.25) is 0 Å². The van der Waals surface area contributed by atoms with E-state index in [1.807, 2.05) is 0 Å². The Morgan fingerprint density at radius 2 is 2.00 bits per heavy atom. The van der Waals surface area contributed by atoms with Gasteiger partial charge in [-0.15, -0.1) is 0 Å². The van der Waals surface area contributed by atoms with Crippen molar-refractivity contribution in [3.63, 3.8) is 0 Å². The number of nitrogens with zero attached hydrogens (tertiary/aromatic N) is 2. The molecule has 0 fully saturated rings. The highest BCUT2D eigenvalue weighted by molar-refractivity contribution is 5.67. The molecule has 0 saturated heterocycles. The van der Waals surface area contributed by atoms with Crippen molar-refractivity contribution in [3.8, 4) is 23.1 Å². The summed E-state index contributed by atoms with van der Waals surface area (Å²) in [6.45, 7) is 6.38. The standard InChI is InChI=1S/C17H18N2O/c1-11(2)13-6-5-12(3)15(7-13)16-8-14(9-18)17(20-4)10-19-16/h5-8,10-11H,1-4H3. The highest BCUT2D eigenvalue weighted by atomic mass is 16.5. The second kappa shape index (κ2) is 5.75. The van der Waals surface area contributed by atoms with Crippen LogP contribution in [0.5, 0.6) is 5.75 Å². The Morgan fingerprint density at radius 3 is 2.60 bits per heavy atom. The average molecular weight is 266 g/mol. The minimum atomic E-state index is 0.461. The summed E-state index contributed by atoms with van der Waals surface area (Å²) in [6.07, 6.45) is 1.61. The number of rotatable bonds is 3. The number of hydrogen-bond donors (Lipinski definition) is 0. The summed E-state index contributed by atoms with van der Waals surface area (Å²) in [5, 5.41) is 9.18. The first-order valence-electron chi connectivity index (χ1n) is 6.62. The van der Waals surface area contributed by atoms with E-state index in [9.17, 15) is 5.26 Å². The lowest BCUT2D eigenvalue weighted by atomic mass is 9.95. The van der Waals surface area contributed by atoms with Crippen LogP contribution in [0, 0.1) is 18.3 Å². The van der Waals surface area contributed by atoms with Crippen LogP contribution in [-0.2, 0) is 0 Å². The third-order valence-electron chi connectivity index (χ3n) is 3.41. The Morgan fingerprint density at radius 1 is 1.25 bits per heavy atom. The number of nitriles is 1. The highest BCUT2D eigenvalue weighted by Gasteiger charge is 2.10. The van der Waals surface area contributed by atoms with Crippen LogP contribution in [-0.4, -0.2) is 12.1 Å². The van der Waals surface area contributed by atoms with Gasteiger partial charge in [-0.2, -0.15) is 5.26 Å². The molecule has 1 aromatic heterocycles. The number of hydrogen-bond acceptors (Lipinski definition) is 3. The lowest BCUT2D eigenvalue weighted by Crippen LogP contribution is -1.95. The Balaban J connectivity index is 2.57. The van der Waals surface area contributed by atoms with Crippen molar-refractivity contribution in [2.45, 2.75) is 26.7 Å². The van der Waals surface area contributed by atoms with E-state index in [0.29, 0.717) is 17.2 Å². The first-order valence-corrected chi connectivity index (χ1v) is 6.62. The van der Waals surface area contributed by atoms with Crippen LogP contribution in [0.4, 0.5) is 0 Å². The van der Waals surface area contributed by atoms with Crippen molar-refractivity contribution in [2.75, 3.05) is 7.11 Å². The van der Waals surface area contributed by atoms with Crippen LogP contribution >= 0.6 is 0 Å². The lowest BCUT2D eigenvalue weighted by Gasteiger charge is -2.12. The fraction of sp³-hybridized carbons (Fsp3) is 0.294. The predicted octanol–water partition coefficient (Wildman–Crippen LogP) is 4.06. The summed E-state index contributed by atoms with van der Waals surface area (Å²) in [5.41, 5.74) is 4.79. The predicted molar refractivity (Wildman–Crippen MR) is 79.8 cm³/mol. The van der Waals surface area contributed by atoms with Crippen molar-refractivity contribution in [3.05, 3.63) is 47.2 Å². The molecular formula is C17H18N2O. The normalized spacial score (nSPS) is 10.4. The largest absolute Gasteiger partial charge is 0.494 e. The summed E-state index contributed by atoms with van der Waals surface area (Å²) in [6, 6.07) is 10.3. The molecule has 0 N–H and O–H groups in total. The van der Waals surface area contributed by atoms with E-state index in [2.05, 4.69) is 50.0 Å². The van der Waals surface area contributed by atoms with Crippen molar-refractivity contribution in [1.82, 2.24) is 4.98 Å². The van der Waals surface area contributed by atoms with Crippen molar-refractivity contribution >= 4 is 0 Å². The zero-order valence-electron chi connectivity index (χ0n) is 12.3. The minimum absolute atomic E-state index is 0.461. The maximum Gasteiger partial charge on any atom is 0.154 e. The van der Waals surface area contributed by atoms with Gasteiger partial charge in [0.05, 0.1) is 24.6 Å². The maximum absolute atomic E-state index is 9.18. The van der Waals surface area contributed by atoms with Crippen LogP contribution < -0.4 is 4.74 Å². The molecule has 0 aliphatic carbocycles. The van der Waals surface area contributed by atoms with Gasteiger partial charge in [-0.05, 0) is 36.1 Å². The molecule has 2 aromatic rings. The fourth-order valence-corrected chi connectivity index (χ4v) is 2.11. The third kappa shape index (κ3) is 2.65. The summed E-state index contributed by atoms with van der Waals surface area (Å²) in [4.78, 5) is 4.41. The molecule has 1 aromatic carbocycles. The van der Waals surface area contributed by atoms with Crippen molar-refractivity contribution in [1.29, 1.82) is 5.26 Å². The molecule has 0 saturated carbocycles. The van der Waals surface area contributed by atoms with Crippen LogP contribution in [0.3, 0.4) is 0 Å². The van der Waals surface area contributed by atoms with Gasteiger partial charge in [0, 0.05) is 5.56 Å². The summed E-state index contributed by atoms with van der Waals surface area (Å²) in [5.74, 6) is 0.969. The van der Waals surface area contributed by atoms with Gasteiger partial charge >= 0.3 is 0 Å². The molecule has 0 atom stereocenters. The van der Waals surface area contributed by atoms with E-state index in [4.69, 9.17) is 4.74 Å². The molecule has 0 unspecified atom stereocenters. The van der Waals surface area contributed by atoms with Gasteiger partial charge in [-0.25, -0.2) is 0 Å². The number of ether oxygens (including phenoxy) is 1. The summed E-state index contributed by atoms with van der Waals surface area (Å²) < 4.78 is 5.13. The van der Waals surface area contributed by atoms with Gasteiger partial charge in [0.15, 0.2) is 5.75 Å². The number of pyridine rings is 1. The molecule has 3 heteroatoms. The average Bonchev–Trinajstić information content (AvgIpc) is 2.46. The molecule has 20 heavy (non-hydrogen) atoms. The van der Waals surface area contributed by atoms with Crippen molar-refractivity contribution < 1.29 is 4.74 Å². The van der Waals surface area contributed by atoms with Crippen molar-refractivity contribution in [2.24, 2.45) is 0 Å². The van der Waals surface area contributed by atoms with E-state index in [0.717, 1.165) is 16.8 Å². The van der Waals surface area contributed by atoms with Gasteiger partial charge in [0.2, 0.25) is 0 Å². The second-order valence-corrected chi connectivity index (χ2v) is 5.11. The summed E-state index contributed by atoms with van der Waals surface area (Å²) >= 11 is 0. The van der Waals surface area contributed by atoms with Crippen LogP contribution in [0.25, 0.3) is 11.3 Å². The van der Waals surface area contributed by atoms with Gasteiger partial charge in [-0.3, -0.25) is 4.98 Å². The van der Waals surface area contributed by atoms with Gasteiger partial charge in [0.25, 0.3) is 0 Å². The minimum Gasteiger partial charge on any atom is -0.494 e. The molecule has 3 nitrogen and oxygen atoms in total. The second-order valence-electron chi connectivity index (χ2n) is 5.11. The molecule has 1 heterocycles. The first kappa shape index (κ1) is 14.1. The van der Waals surface area contributed by atoms with Crippen LogP contribution in [0.1, 0.15) is 36.5 Å². The fourth-order valence-electron chi connectivity index (χ4n) is 2.11. The summed E-state index contributed by atoms with van der Waals surface area (Å²) in [7, 11) is 1.54. The lowest BCUT2D eigenvalue weighted by molar-refractivity contribution is 0.411. The molecular weight excluding hydrogens is 248 g/mol. The van der Waals surface area contributed by atoms with E-state index < -0.39 is 0 Å². The number of benzene rings is 1. The zero-order chi connectivity index (χ0) is 14.7. The van der Waals surface area contributed by atoms with E-state index >= 15 is 0 Å². The Kier molecular flexibility index (Phi) is 4.05. The quantitative estimate of drug-likeness (QED) is 0.841. The van der Waals surface area contributed by atoms with Crippen LogP contribution in [0.15, 0.2) is 30.5 Å². The molecule has 2 rings (SSSR count). The topological polar surface area (TPSA) is 45.9 Å². The zero-order valence-corrected chi connectivity index (χ0v) is 12.3. The molecule has 0 spiro atoms.